The maximum atomic E-state index is 11.2. The summed E-state index contributed by atoms with van der Waals surface area (Å²) in [7, 11) is -3.34. The summed E-state index contributed by atoms with van der Waals surface area (Å²) < 4.78 is 22.3. The lowest BCUT2D eigenvalue weighted by Gasteiger charge is -2.01. The fourth-order valence-corrected chi connectivity index (χ4v) is 1.77. The first-order valence-electron chi connectivity index (χ1n) is 4.70. The van der Waals surface area contributed by atoms with Gasteiger partial charge in [-0.2, -0.15) is 0 Å². The van der Waals surface area contributed by atoms with Crippen molar-refractivity contribution in [2.45, 2.75) is 4.90 Å². The summed E-state index contributed by atoms with van der Waals surface area (Å²) >= 11 is 0. The van der Waals surface area contributed by atoms with Gasteiger partial charge >= 0.3 is 5.97 Å². The van der Waals surface area contributed by atoms with Gasteiger partial charge in [0.15, 0.2) is 9.84 Å². The van der Waals surface area contributed by atoms with Crippen molar-refractivity contribution >= 4 is 27.3 Å². The van der Waals surface area contributed by atoms with Crippen molar-refractivity contribution in [1.82, 2.24) is 0 Å². The number of benzene rings is 1. The molecule has 0 amide bonds. The first-order chi connectivity index (χ1) is 8.21. The van der Waals surface area contributed by atoms with Crippen LogP contribution in [0.4, 0.5) is 0 Å². The number of aliphatic hydroxyl groups is 1. The Hall–Kier alpha value is -2.15. The van der Waals surface area contributed by atoms with E-state index < -0.39 is 27.3 Å². The number of carboxylic acid groups (broad SMARTS) is 1. The van der Waals surface area contributed by atoms with E-state index in [9.17, 15) is 23.1 Å². The Morgan fingerprint density at radius 3 is 2.00 bits per heavy atom. The summed E-state index contributed by atoms with van der Waals surface area (Å²) in [5.74, 6) is -3.49. The Balaban J connectivity index is 3.06. The van der Waals surface area contributed by atoms with Crippen LogP contribution in [-0.4, -0.2) is 36.6 Å². The standard InChI is InChI=1S/C11H10O6S/c1-18(16,17)8-4-2-7(3-5-8)9(12)6-10(13)11(14)15/h2-6,12H,1H3,(H,14,15). The van der Waals surface area contributed by atoms with Crippen LogP contribution >= 0.6 is 0 Å². The second kappa shape index (κ2) is 5.01. The molecule has 0 unspecified atom stereocenters. The van der Waals surface area contributed by atoms with E-state index in [0.717, 1.165) is 6.26 Å². The molecule has 0 heterocycles. The molecule has 0 spiro atoms. The average Bonchev–Trinajstić information content (AvgIpc) is 2.27. The average molecular weight is 270 g/mol. The van der Waals surface area contributed by atoms with Gasteiger partial charge in [0, 0.05) is 17.9 Å². The van der Waals surface area contributed by atoms with Crippen molar-refractivity contribution in [3.63, 3.8) is 0 Å². The maximum Gasteiger partial charge on any atom is 0.376 e. The molecular weight excluding hydrogens is 260 g/mol. The molecule has 0 atom stereocenters. The number of hydrogen-bond acceptors (Lipinski definition) is 5. The van der Waals surface area contributed by atoms with Gasteiger partial charge in [-0.3, -0.25) is 4.79 Å². The summed E-state index contributed by atoms with van der Waals surface area (Å²) in [6.45, 7) is 0. The zero-order chi connectivity index (χ0) is 13.9. The van der Waals surface area contributed by atoms with Crippen LogP contribution < -0.4 is 0 Å². The van der Waals surface area contributed by atoms with E-state index in [1.807, 2.05) is 0 Å². The van der Waals surface area contributed by atoms with Gasteiger partial charge in [-0.1, -0.05) is 0 Å². The number of carbonyl (C=O) groups excluding carboxylic acids is 1. The number of carboxylic acids is 1. The number of hydrogen-bond donors (Lipinski definition) is 2. The predicted octanol–water partition coefficient (Wildman–Crippen LogP) is 0.643. The molecule has 0 saturated heterocycles. The predicted molar refractivity (Wildman–Crippen MR) is 62.8 cm³/mol. The second-order valence-corrected chi connectivity index (χ2v) is 5.51. The van der Waals surface area contributed by atoms with Gasteiger partial charge in [0.05, 0.1) is 4.90 Å². The maximum absolute atomic E-state index is 11.2. The Labute approximate surface area is 103 Å². The summed E-state index contributed by atoms with van der Waals surface area (Å²) in [6, 6.07) is 5.05. The zero-order valence-electron chi connectivity index (χ0n) is 9.32. The third-order valence-electron chi connectivity index (χ3n) is 2.06. The Kier molecular flexibility index (Phi) is 3.87. The van der Waals surface area contributed by atoms with Crippen molar-refractivity contribution in [1.29, 1.82) is 0 Å². The molecule has 6 nitrogen and oxygen atoms in total. The number of ketones is 1. The first-order valence-corrected chi connectivity index (χ1v) is 6.59. The van der Waals surface area contributed by atoms with Crippen LogP contribution in [0.15, 0.2) is 35.2 Å². The molecule has 1 aromatic carbocycles. The number of aliphatic hydroxyl groups excluding tert-OH is 1. The number of aliphatic carboxylic acids is 1. The smallest absolute Gasteiger partial charge is 0.376 e. The topological polar surface area (TPSA) is 109 Å². The molecule has 2 N–H and O–H groups in total. The largest absolute Gasteiger partial charge is 0.507 e. The number of rotatable bonds is 4. The lowest BCUT2D eigenvalue weighted by molar-refractivity contribution is -0.146. The fourth-order valence-electron chi connectivity index (χ4n) is 1.14. The molecule has 0 radical (unpaired) electrons. The summed E-state index contributed by atoms with van der Waals surface area (Å²) in [5.41, 5.74) is 0.150. The van der Waals surface area contributed by atoms with Gasteiger partial charge < -0.3 is 10.2 Å². The minimum atomic E-state index is -3.34. The van der Waals surface area contributed by atoms with E-state index in [-0.39, 0.29) is 10.5 Å². The van der Waals surface area contributed by atoms with Crippen LogP contribution in [0.5, 0.6) is 0 Å². The van der Waals surface area contributed by atoms with Crippen LogP contribution in [0.1, 0.15) is 5.56 Å². The van der Waals surface area contributed by atoms with E-state index in [1.54, 1.807) is 0 Å². The van der Waals surface area contributed by atoms with E-state index in [0.29, 0.717) is 6.08 Å². The Morgan fingerprint density at radius 1 is 1.11 bits per heavy atom. The van der Waals surface area contributed by atoms with Crippen LogP contribution in [0.3, 0.4) is 0 Å². The van der Waals surface area contributed by atoms with Crippen molar-refractivity contribution < 1.29 is 28.2 Å². The molecule has 0 bridgehead atoms. The van der Waals surface area contributed by atoms with Gasteiger partial charge in [-0.15, -0.1) is 0 Å². The highest BCUT2D eigenvalue weighted by Crippen LogP contribution is 2.15. The van der Waals surface area contributed by atoms with Gasteiger partial charge in [0.2, 0.25) is 0 Å². The van der Waals surface area contributed by atoms with Crippen LogP contribution in [0, 0.1) is 0 Å². The Bertz CT molecular complexity index is 609. The van der Waals surface area contributed by atoms with Gasteiger partial charge in [-0.05, 0) is 24.3 Å². The first kappa shape index (κ1) is 13.9. The van der Waals surface area contributed by atoms with Crippen molar-refractivity contribution in [3.05, 3.63) is 35.9 Å². The number of carbonyl (C=O) groups is 2. The van der Waals surface area contributed by atoms with Crippen molar-refractivity contribution in [2.75, 3.05) is 6.26 Å². The lowest BCUT2D eigenvalue weighted by atomic mass is 10.1. The molecule has 0 saturated carbocycles. The van der Waals surface area contributed by atoms with Crippen molar-refractivity contribution in [3.8, 4) is 0 Å². The van der Waals surface area contributed by atoms with Crippen molar-refractivity contribution in [2.24, 2.45) is 0 Å². The lowest BCUT2D eigenvalue weighted by Crippen LogP contribution is -2.09. The molecule has 0 aliphatic carbocycles. The highest BCUT2D eigenvalue weighted by Gasteiger charge is 2.11. The molecule has 0 aliphatic rings. The van der Waals surface area contributed by atoms with Gasteiger partial charge in [0.25, 0.3) is 5.78 Å². The van der Waals surface area contributed by atoms with Gasteiger partial charge in [-0.25, -0.2) is 13.2 Å². The van der Waals surface area contributed by atoms with Crippen LogP contribution in [0.25, 0.3) is 5.76 Å². The Morgan fingerprint density at radius 2 is 1.61 bits per heavy atom. The van der Waals surface area contributed by atoms with E-state index in [1.165, 1.54) is 24.3 Å². The van der Waals surface area contributed by atoms with Crippen LogP contribution in [-0.2, 0) is 19.4 Å². The molecule has 7 heteroatoms. The third-order valence-corrected chi connectivity index (χ3v) is 3.19. The molecule has 1 aromatic rings. The second-order valence-electron chi connectivity index (χ2n) is 3.50. The normalized spacial score (nSPS) is 12.2. The number of sulfone groups is 1. The molecular formula is C11H10O6S. The minimum Gasteiger partial charge on any atom is -0.507 e. The monoisotopic (exact) mass is 270 g/mol. The zero-order valence-corrected chi connectivity index (χ0v) is 10.1. The molecule has 0 aliphatic heterocycles. The SMILES string of the molecule is CS(=O)(=O)c1ccc(C(O)=CC(=O)C(=O)O)cc1. The van der Waals surface area contributed by atoms with E-state index in [2.05, 4.69) is 0 Å². The summed E-state index contributed by atoms with van der Waals surface area (Å²) in [6.07, 6.45) is 1.59. The molecule has 0 aromatic heterocycles. The quantitative estimate of drug-likeness (QED) is 0.472. The molecule has 1 rings (SSSR count). The van der Waals surface area contributed by atoms with E-state index in [4.69, 9.17) is 5.11 Å². The summed E-state index contributed by atoms with van der Waals surface area (Å²) in [5, 5.41) is 17.8. The fraction of sp³-hybridized carbons (Fsp3) is 0.0909. The summed E-state index contributed by atoms with van der Waals surface area (Å²) in [4.78, 5) is 21.1. The van der Waals surface area contributed by atoms with E-state index >= 15 is 0 Å². The highest BCUT2D eigenvalue weighted by atomic mass is 32.2. The third kappa shape index (κ3) is 3.42. The minimum absolute atomic E-state index is 0.0589. The molecule has 96 valence electrons. The molecule has 0 fully saturated rings. The van der Waals surface area contributed by atoms with Crippen LogP contribution in [0.2, 0.25) is 0 Å². The molecule has 18 heavy (non-hydrogen) atoms. The highest BCUT2D eigenvalue weighted by molar-refractivity contribution is 7.90. The van der Waals surface area contributed by atoms with Gasteiger partial charge in [0.1, 0.15) is 5.76 Å².